The third-order valence-electron chi connectivity index (χ3n) is 5.54. The van der Waals surface area contributed by atoms with Gasteiger partial charge in [0.15, 0.2) is 0 Å². The number of carbonyl (C=O) groups excluding carboxylic acids is 2. The van der Waals surface area contributed by atoms with E-state index >= 15 is 0 Å². The molecule has 0 heterocycles. The molecule has 0 radical (unpaired) electrons. The number of nitrogens with one attached hydrogen (secondary N) is 1. The fourth-order valence-electron chi connectivity index (χ4n) is 3.54. The Morgan fingerprint density at radius 1 is 0.892 bits per heavy atom. The van der Waals surface area contributed by atoms with Crippen molar-refractivity contribution < 1.29 is 18.0 Å². The van der Waals surface area contributed by atoms with Crippen molar-refractivity contribution in [2.75, 3.05) is 17.9 Å². The summed E-state index contributed by atoms with van der Waals surface area (Å²) in [6.45, 7) is 0.851. The number of nitrogens with zero attached hydrogens (tertiary/aromatic N) is 2. The van der Waals surface area contributed by atoms with Gasteiger partial charge in [-0.25, -0.2) is 8.42 Å². The molecule has 1 N–H and O–H groups in total. The Kier molecular flexibility index (Phi) is 9.72. The molecular formula is C25H23Cl4N3O4S. The number of carbonyl (C=O) groups is 2. The van der Waals surface area contributed by atoms with Crippen LogP contribution in [0.1, 0.15) is 12.5 Å². The third-order valence-corrected chi connectivity index (χ3v) is 8.61. The van der Waals surface area contributed by atoms with Crippen molar-refractivity contribution in [2.24, 2.45) is 0 Å². The second-order valence-electron chi connectivity index (χ2n) is 7.98. The van der Waals surface area contributed by atoms with Gasteiger partial charge in [0.2, 0.25) is 11.8 Å². The van der Waals surface area contributed by atoms with Gasteiger partial charge in [-0.05, 0) is 55.0 Å². The lowest BCUT2D eigenvalue weighted by Crippen LogP contribution is -2.50. The molecule has 0 aliphatic heterocycles. The van der Waals surface area contributed by atoms with Crippen molar-refractivity contribution in [3.8, 4) is 0 Å². The maximum Gasteiger partial charge on any atom is 0.264 e. The van der Waals surface area contributed by atoms with Crippen LogP contribution in [-0.2, 0) is 26.2 Å². The van der Waals surface area contributed by atoms with Crippen molar-refractivity contribution in [3.63, 3.8) is 0 Å². The largest absolute Gasteiger partial charge is 0.357 e. The smallest absolute Gasteiger partial charge is 0.264 e. The molecule has 3 rings (SSSR count). The Hall–Kier alpha value is -2.49. The van der Waals surface area contributed by atoms with E-state index in [0.717, 1.165) is 4.31 Å². The minimum atomic E-state index is -4.26. The third kappa shape index (κ3) is 6.89. The molecule has 2 amide bonds. The van der Waals surface area contributed by atoms with Gasteiger partial charge in [-0.15, -0.1) is 0 Å². The molecule has 12 heteroatoms. The van der Waals surface area contributed by atoms with Gasteiger partial charge in [0.1, 0.15) is 12.6 Å². The maximum absolute atomic E-state index is 13.7. The molecule has 37 heavy (non-hydrogen) atoms. The number of hydrogen-bond donors (Lipinski definition) is 1. The molecule has 0 bridgehead atoms. The molecular weight excluding hydrogens is 580 g/mol. The molecule has 0 aliphatic carbocycles. The fraction of sp³-hybridized carbons (Fsp3) is 0.200. The first-order valence-electron chi connectivity index (χ1n) is 10.9. The zero-order valence-corrected chi connectivity index (χ0v) is 23.6. The van der Waals surface area contributed by atoms with Crippen molar-refractivity contribution in [2.45, 2.75) is 24.4 Å². The number of anilines is 1. The van der Waals surface area contributed by atoms with Crippen LogP contribution in [-0.4, -0.2) is 44.8 Å². The van der Waals surface area contributed by atoms with Gasteiger partial charge in [-0.1, -0.05) is 70.7 Å². The minimum absolute atomic E-state index is 0.0217. The van der Waals surface area contributed by atoms with E-state index in [0.29, 0.717) is 10.6 Å². The number of halogens is 4. The maximum atomic E-state index is 13.7. The average molecular weight is 603 g/mol. The highest BCUT2D eigenvalue weighted by atomic mass is 35.5. The second-order valence-corrected chi connectivity index (χ2v) is 11.5. The summed E-state index contributed by atoms with van der Waals surface area (Å²) in [6.07, 6.45) is 0. The lowest BCUT2D eigenvalue weighted by atomic mass is 10.1. The van der Waals surface area contributed by atoms with Crippen LogP contribution < -0.4 is 9.62 Å². The summed E-state index contributed by atoms with van der Waals surface area (Å²) < 4.78 is 28.3. The van der Waals surface area contributed by atoms with Crippen LogP contribution in [0.3, 0.4) is 0 Å². The van der Waals surface area contributed by atoms with Gasteiger partial charge >= 0.3 is 0 Å². The van der Waals surface area contributed by atoms with Gasteiger partial charge in [-0.3, -0.25) is 13.9 Å². The molecule has 3 aromatic carbocycles. The first kappa shape index (κ1) is 29.1. The van der Waals surface area contributed by atoms with E-state index in [9.17, 15) is 18.0 Å². The molecule has 0 aromatic heterocycles. The number of benzene rings is 3. The van der Waals surface area contributed by atoms with Gasteiger partial charge < -0.3 is 10.2 Å². The van der Waals surface area contributed by atoms with Crippen molar-refractivity contribution in [1.82, 2.24) is 10.2 Å². The van der Waals surface area contributed by atoms with Crippen LogP contribution in [0.25, 0.3) is 0 Å². The fourth-order valence-corrected chi connectivity index (χ4v) is 5.74. The zero-order valence-electron chi connectivity index (χ0n) is 19.8. The highest BCUT2D eigenvalue weighted by molar-refractivity contribution is 7.92. The topological polar surface area (TPSA) is 86.8 Å². The number of hydrogen-bond acceptors (Lipinski definition) is 4. The minimum Gasteiger partial charge on any atom is -0.357 e. The Bertz CT molecular complexity index is 1400. The molecule has 0 aliphatic rings. The molecule has 0 spiro atoms. The summed E-state index contributed by atoms with van der Waals surface area (Å²) in [4.78, 5) is 27.5. The molecule has 3 aromatic rings. The second kappa shape index (κ2) is 12.4. The van der Waals surface area contributed by atoms with Gasteiger partial charge in [0.25, 0.3) is 10.0 Å². The van der Waals surface area contributed by atoms with E-state index in [1.54, 1.807) is 36.4 Å². The Morgan fingerprint density at radius 2 is 1.54 bits per heavy atom. The van der Waals surface area contributed by atoms with Crippen molar-refractivity contribution >= 4 is 73.9 Å². The number of rotatable bonds is 9. The van der Waals surface area contributed by atoms with Crippen LogP contribution in [0.15, 0.2) is 71.6 Å². The van der Waals surface area contributed by atoms with Crippen LogP contribution in [0, 0.1) is 0 Å². The standard InChI is InChI=1S/C25H23Cl4N3O4S/c1-16(25(34)30-2)31(14-17-8-10-20(27)22(29)12-17)24(33)15-32(23-13-18(26)9-11-21(23)28)37(35,36)19-6-4-3-5-7-19/h3-13,16H,14-15H2,1-2H3,(H,30,34). The summed E-state index contributed by atoms with van der Waals surface area (Å²) >= 11 is 24.7. The summed E-state index contributed by atoms with van der Waals surface area (Å²) in [6, 6.07) is 15.8. The lowest BCUT2D eigenvalue weighted by Gasteiger charge is -2.32. The average Bonchev–Trinajstić information content (AvgIpc) is 2.88. The van der Waals surface area contributed by atoms with E-state index in [1.807, 2.05) is 0 Å². The number of amides is 2. The molecule has 0 fully saturated rings. The van der Waals surface area contributed by atoms with E-state index in [-0.39, 0.29) is 32.2 Å². The molecule has 196 valence electrons. The number of likely N-dealkylation sites (N-methyl/N-ethyl adjacent to an activating group) is 1. The summed E-state index contributed by atoms with van der Waals surface area (Å²) in [5, 5.41) is 3.43. The summed E-state index contributed by atoms with van der Waals surface area (Å²) in [7, 11) is -2.81. The van der Waals surface area contributed by atoms with E-state index in [1.165, 1.54) is 49.2 Å². The molecule has 1 unspecified atom stereocenters. The molecule has 0 saturated carbocycles. The SMILES string of the molecule is CNC(=O)C(C)N(Cc1ccc(Cl)c(Cl)c1)C(=O)CN(c1cc(Cl)ccc1Cl)S(=O)(=O)c1ccccc1. The van der Waals surface area contributed by atoms with Crippen LogP contribution in [0.2, 0.25) is 20.1 Å². The highest BCUT2D eigenvalue weighted by Crippen LogP contribution is 2.33. The van der Waals surface area contributed by atoms with E-state index in [4.69, 9.17) is 46.4 Å². The van der Waals surface area contributed by atoms with Crippen LogP contribution >= 0.6 is 46.4 Å². The monoisotopic (exact) mass is 601 g/mol. The lowest BCUT2D eigenvalue weighted by molar-refractivity contribution is -0.139. The zero-order chi connectivity index (χ0) is 27.3. The molecule has 0 saturated heterocycles. The van der Waals surface area contributed by atoms with E-state index < -0.39 is 34.4 Å². The Morgan fingerprint density at radius 3 is 2.16 bits per heavy atom. The predicted octanol–water partition coefficient (Wildman–Crippen LogP) is 5.66. The van der Waals surface area contributed by atoms with Gasteiger partial charge in [-0.2, -0.15) is 0 Å². The highest BCUT2D eigenvalue weighted by Gasteiger charge is 2.33. The Balaban J connectivity index is 2.07. The molecule has 1 atom stereocenters. The van der Waals surface area contributed by atoms with Crippen LogP contribution in [0.4, 0.5) is 5.69 Å². The van der Waals surface area contributed by atoms with Crippen molar-refractivity contribution in [3.05, 3.63) is 92.4 Å². The summed E-state index contributed by atoms with van der Waals surface area (Å²) in [5.41, 5.74) is 0.616. The predicted molar refractivity (Wildman–Crippen MR) is 148 cm³/mol. The van der Waals surface area contributed by atoms with Crippen LogP contribution in [0.5, 0.6) is 0 Å². The first-order chi connectivity index (χ1) is 17.4. The number of sulfonamides is 1. The van der Waals surface area contributed by atoms with Crippen molar-refractivity contribution in [1.29, 1.82) is 0 Å². The van der Waals surface area contributed by atoms with E-state index in [2.05, 4.69) is 5.32 Å². The normalized spacial score (nSPS) is 12.1. The van der Waals surface area contributed by atoms with Gasteiger partial charge in [0, 0.05) is 18.6 Å². The quantitative estimate of drug-likeness (QED) is 0.342. The van der Waals surface area contributed by atoms with Gasteiger partial charge in [0.05, 0.1) is 25.7 Å². The molecule has 7 nitrogen and oxygen atoms in total. The Labute approximate surface area is 235 Å². The summed E-state index contributed by atoms with van der Waals surface area (Å²) in [5.74, 6) is -1.09. The first-order valence-corrected chi connectivity index (χ1v) is 13.9.